The molecule has 0 amide bonds. The van der Waals surface area contributed by atoms with E-state index >= 15 is 0 Å². The number of ether oxygens (including phenoxy) is 2. The van der Waals surface area contributed by atoms with Crippen molar-refractivity contribution in [3.8, 4) is 11.5 Å². The zero-order valence-electron chi connectivity index (χ0n) is 14.2. The van der Waals surface area contributed by atoms with Crippen LogP contribution in [-0.2, 0) is 0 Å². The minimum absolute atomic E-state index is 0.681. The minimum atomic E-state index is 0.681. The second kappa shape index (κ2) is 9.53. The maximum atomic E-state index is 5.72. The van der Waals surface area contributed by atoms with E-state index in [2.05, 4.69) is 20.6 Å². The Morgan fingerprint density at radius 3 is 3.00 bits per heavy atom. The molecule has 8 heteroatoms. The lowest BCUT2D eigenvalue weighted by Crippen LogP contribution is -2.31. The molecule has 0 saturated carbocycles. The van der Waals surface area contributed by atoms with Gasteiger partial charge in [-0.3, -0.25) is 4.99 Å². The van der Waals surface area contributed by atoms with Crippen molar-refractivity contribution >= 4 is 34.7 Å². The van der Waals surface area contributed by atoms with Gasteiger partial charge in [0.25, 0.3) is 0 Å². The minimum Gasteiger partial charge on any atom is -0.490 e. The van der Waals surface area contributed by atoms with E-state index in [1.807, 2.05) is 29.8 Å². The summed E-state index contributed by atoms with van der Waals surface area (Å²) in [6.07, 6.45) is 3.78. The Hall–Kier alpha value is -1.93. The molecule has 0 bridgehead atoms. The van der Waals surface area contributed by atoms with E-state index in [0.29, 0.717) is 13.2 Å². The van der Waals surface area contributed by atoms with Crippen molar-refractivity contribution in [1.29, 1.82) is 0 Å². The third-order valence-corrected chi connectivity index (χ3v) is 5.53. The van der Waals surface area contributed by atoms with Crippen molar-refractivity contribution < 1.29 is 9.47 Å². The Labute approximate surface area is 156 Å². The van der Waals surface area contributed by atoms with Crippen LogP contribution >= 0.6 is 23.1 Å². The second-order valence-corrected chi connectivity index (χ2v) is 7.57. The fourth-order valence-corrected chi connectivity index (χ4v) is 3.92. The summed E-state index contributed by atoms with van der Waals surface area (Å²) >= 11 is 3.46. The molecule has 3 rings (SSSR count). The zero-order chi connectivity index (χ0) is 17.3. The highest BCUT2D eigenvalue weighted by atomic mass is 32.2. The van der Waals surface area contributed by atoms with Gasteiger partial charge < -0.3 is 20.1 Å². The molecule has 0 radical (unpaired) electrons. The van der Waals surface area contributed by atoms with Gasteiger partial charge in [-0.1, -0.05) is 11.8 Å². The molecule has 1 aliphatic rings. The topological polar surface area (TPSA) is 67.8 Å². The van der Waals surface area contributed by atoms with Gasteiger partial charge in [0.1, 0.15) is 4.34 Å². The number of thiazole rings is 1. The Morgan fingerprint density at radius 2 is 2.20 bits per heavy atom. The van der Waals surface area contributed by atoms with Crippen LogP contribution in [0.15, 0.2) is 39.1 Å². The third-order valence-electron chi connectivity index (χ3n) is 3.48. The van der Waals surface area contributed by atoms with Gasteiger partial charge in [0.2, 0.25) is 0 Å². The fraction of sp³-hybridized carbons (Fsp3) is 0.412. The number of nitrogens with zero attached hydrogens (tertiary/aromatic N) is 2. The Bertz CT molecular complexity index is 692. The van der Waals surface area contributed by atoms with E-state index in [4.69, 9.17) is 9.47 Å². The molecule has 0 spiro atoms. The molecule has 2 heterocycles. The molecular formula is C17H22N4O2S2. The van der Waals surface area contributed by atoms with Gasteiger partial charge in [0.05, 0.1) is 13.2 Å². The quantitative estimate of drug-likeness (QED) is 0.347. The molecule has 6 nitrogen and oxygen atoms in total. The molecule has 0 fully saturated rings. The Balaban J connectivity index is 1.45. The maximum Gasteiger partial charge on any atom is 0.195 e. The van der Waals surface area contributed by atoms with E-state index in [1.54, 1.807) is 30.1 Å². The molecule has 1 aromatic carbocycles. The fourth-order valence-electron chi connectivity index (χ4n) is 2.28. The van der Waals surface area contributed by atoms with Crippen LogP contribution < -0.4 is 20.1 Å². The van der Waals surface area contributed by atoms with Crippen molar-refractivity contribution in [2.75, 3.05) is 37.9 Å². The lowest BCUT2D eigenvalue weighted by molar-refractivity contribution is 0.297. The summed E-state index contributed by atoms with van der Waals surface area (Å²) < 4.78 is 12.5. The first-order valence-electron chi connectivity index (χ1n) is 8.25. The smallest absolute Gasteiger partial charge is 0.195 e. The van der Waals surface area contributed by atoms with Gasteiger partial charge in [0, 0.05) is 49.1 Å². The molecule has 0 aliphatic carbocycles. The number of nitrogens with one attached hydrogen (secondary N) is 2. The number of aromatic nitrogens is 1. The molecule has 0 saturated heterocycles. The van der Waals surface area contributed by atoms with E-state index < -0.39 is 0 Å². The number of thioether (sulfide) groups is 1. The number of anilines is 1. The van der Waals surface area contributed by atoms with Crippen molar-refractivity contribution in [3.63, 3.8) is 0 Å². The summed E-state index contributed by atoms with van der Waals surface area (Å²) in [4.78, 5) is 8.53. The van der Waals surface area contributed by atoms with Crippen molar-refractivity contribution in [1.82, 2.24) is 10.3 Å². The third kappa shape index (κ3) is 5.54. The predicted octanol–water partition coefficient (Wildman–Crippen LogP) is 3.47. The van der Waals surface area contributed by atoms with Crippen LogP contribution in [0.1, 0.15) is 12.8 Å². The Kier molecular flexibility index (Phi) is 6.81. The number of benzene rings is 1. The summed E-state index contributed by atoms with van der Waals surface area (Å²) in [5.41, 5.74) is 0.925. The monoisotopic (exact) mass is 378 g/mol. The van der Waals surface area contributed by atoms with E-state index in [9.17, 15) is 0 Å². The molecule has 0 atom stereocenters. The normalized spacial score (nSPS) is 14.0. The summed E-state index contributed by atoms with van der Waals surface area (Å²) in [6.45, 7) is 2.23. The van der Waals surface area contributed by atoms with Gasteiger partial charge in [0.15, 0.2) is 17.5 Å². The van der Waals surface area contributed by atoms with Crippen LogP contribution in [0.2, 0.25) is 0 Å². The number of fused-ring (bicyclic) bond motifs is 1. The van der Waals surface area contributed by atoms with Gasteiger partial charge >= 0.3 is 0 Å². The van der Waals surface area contributed by atoms with Crippen LogP contribution in [0.4, 0.5) is 5.69 Å². The van der Waals surface area contributed by atoms with Gasteiger partial charge in [-0.25, -0.2) is 4.98 Å². The van der Waals surface area contributed by atoms with Crippen LogP contribution in [-0.4, -0.2) is 43.5 Å². The van der Waals surface area contributed by atoms with E-state index in [0.717, 1.165) is 52.6 Å². The number of aliphatic imine (C=N–C) groups is 1. The van der Waals surface area contributed by atoms with E-state index in [1.165, 1.54) is 0 Å². The molecular weight excluding hydrogens is 356 g/mol. The van der Waals surface area contributed by atoms with Crippen LogP contribution in [0, 0.1) is 0 Å². The zero-order valence-corrected chi connectivity index (χ0v) is 15.8. The first-order chi connectivity index (χ1) is 12.3. The highest BCUT2D eigenvalue weighted by Gasteiger charge is 2.11. The molecule has 2 aromatic rings. The van der Waals surface area contributed by atoms with E-state index in [-0.39, 0.29) is 0 Å². The summed E-state index contributed by atoms with van der Waals surface area (Å²) in [5.74, 6) is 3.35. The highest BCUT2D eigenvalue weighted by molar-refractivity contribution is 8.00. The first-order valence-corrected chi connectivity index (χ1v) is 10.1. The average Bonchev–Trinajstić information content (AvgIpc) is 3.04. The number of rotatable bonds is 6. The highest BCUT2D eigenvalue weighted by Crippen LogP contribution is 2.32. The lowest BCUT2D eigenvalue weighted by atomic mass is 10.3. The lowest BCUT2D eigenvalue weighted by Gasteiger charge is -2.13. The van der Waals surface area contributed by atoms with Crippen molar-refractivity contribution in [2.24, 2.45) is 4.99 Å². The molecule has 1 aliphatic heterocycles. The molecule has 25 heavy (non-hydrogen) atoms. The van der Waals surface area contributed by atoms with Gasteiger partial charge in [-0.15, -0.1) is 11.3 Å². The average molecular weight is 379 g/mol. The van der Waals surface area contributed by atoms with Crippen LogP contribution in [0.25, 0.3) is 0 Å². The summed E-state index contributed by atoms with van der Waals surface area (Å²) in [7, 11) is 1.77. The first kappa shape index (κ1) is 17.9. The molecule has 1 aromatic heterocycles. The second-order valence-electron chi connectivity index (χ2n) is 5.34. The molecule has 0 unspecified atom stereocenters. The van der Waals surface area contributed by atoms with Gasteiger partial charge in [-0.05, 0) is 18.6 Å². The Morgan fingerprint density at radius 1 is 1.32 bits per heavy atom. The summed E-state index contributed by atoms with van der Waals surface area (Å²) in [6, 6.07) is 5.85. The van der Waals surface area contributed by atoms with Crippen molar-refractivity contribution in [2.45, 2.75) is 17.2 Å². The standard InChI is InChI=1S/C17H22N4O2S2/c1-18-16(19-6-2-10-24-17-20-7-11-25-17)21-13-4-5-14-15(12-13)23-9-3-8-22-14/h4-5,7,11-12H,2-3,6,8-10H2,1H3,(H2,18,19,21). The maximum absolute atomic E-state index is 5.72. The number of hydrogen-bond acceptors (Lipinski definition) is 6. The van der Waals surface area contributed by atoms with Crippen molar-refractivity contribution in [3.05, 3.63) is 29.8 Å². The van der Waals surface area contributed by atoms with Gasteiger partial charge in [-0.2, -0.15) is 0 Å². The molecule has 2 N–H and O–H groups in total. The van der Waals surface area contributed by atoms with Crippen LogP contribution in [0.3, 0.4) is 0 Å². The number of hydrogen-bond donors (Lipinski definition) is 2. The largest absolute Gasteiger partial charge is 0.490 e. The number of guanidine groups is 1. The SMILES string of the molecule is CN=C(NCCCSc1nccs1)Nc1ccc2c(c1)OCCCO2. The predicted molar refractivity (Wildman–Crippen MR) is 104 cm³/mol. The molecule has 134 valence electrons. The van der Waals surface area contributed by atoms with Crippen LogP contribution in [0.5, 0.6) is 11.5 Å². The summed E-state index contributed by atoms with van der Waals surface area (Å²) in [5, 5.41) is 8.62.